The Morgan fingerprint density at radius 2 is 1.97 bits per heavy atom. The fourth-order valence-electron chi connectivity index (χ4n) is 5.16. The molecule has 1 aromatic carbocycles. The Balaban J connectivity index is 1.41. The molecule has 5 aromatic heterocycles. The molecule has 0 saturated heterocycles. The molecule has 192 valence electrons. The second-order valence-electron chi connectivity index (χ2n) is 9.90. The highest BCUT2D eigenvalue weighted by Gasteiger charge is 2.28. The normalized spacial score (nSPS) is 13.6. The Morgan fingerprint density at radius 3 is 2.66 bits per heavy atom. The van der Waals surface area contributed by atoms with Crippen LogP contribution in [0.5, 0.6) is 5.75 Å². The molecule has 1 fully saturated rings. The number of aromatic amines is 1. The van der Waals surface area contributed by atoms with Gasteiger partial charge in [0, 0.05) is 35.5 Å². The van der Waals surface area contributed by atoms with Gasteiger partial charge in [0.2, 0.25) is 0 Å². The number of rotatable bonds is 6. The van der Waals surface area contributed by atoms with Crippen molar-refractivity contribution >= 4 is 33.6 Å². The number of H-pyrrole nitrogens is 1. The standard InChI is InChI=1S/C27H27N9O2/c1-13-24(14(2)38-34-13)19-8-21-18(9-22(19)37-5)25-26(31-21)29-15(3)30-27(25)32-23-10-20(16-6-7-16)33-36(23)17-11-28-35(4)12-17/h8-12,16H,6-7H2,1-5H3,(H2,29,30,31,32). The van der Waals surface area contributed by atoms with Gasteiger partial charge in [0.15, 0.2) is 0 Å². The highest BCUT2D eigenvalue weighted by molar-refractivity contribution is 6.13. The molecule has 7 rings (SSSR count). The van der Waals surface area contributed by atoms with Crippen molar-refractivity contribution in [3.8, 4) is 22.6 Å². The Morgan fingerprint density at radius 1 is 1.13 bits per heavy atom. The second kappa shape index (κ2) is 8.17. The van der Waals surface area contributed by atoms with Crippen LogP contribution in [0.1, 0.15) is 41.7 Å². The maximum absolute atomic E-state index is 5.84. The highest BCUT2D eigenvalue weighted by atomic mass is 16.5. The van der Waals surface area contributed by atoms with Crippen molar-refractivity contribution in [1.82, 2.24) is 39.7 Å². The molecule has 5 heterocycles. The van der Waals surface area contributed by atoms with E-state index in [0.29, 0.717) is 17.6 Å². The summed E-state index contributed by atoms with van der Waals surface area (Å²) in [5, 5.41) is 18.8. The first-order chi connectivity index (χ1) is 18.4. The average molecular weight is 510 g/mol. The quantitative estimate of drug-likeness (QED) is 0.312. The smallest absolute Gasteiger partial charge is 0.145 e. The van der Waals surface area contributed by atoms with E-state index in [1.165, 1.54) is 0 Å². The minimum Gasteiger partial charge on any atom is -0.496 e. The van der Waals surface area contributed by atoms with Gasteiger partial charge < -0.3 is 19.6 Å². The molecule has 6 aromatic rings. The van der Waals surface area contributed by atoms with Gasteiger partial charge in [-0.25, -0.2) is 14.6 Å². The first kappa shape index (κ1) is 22.5. The molecule has 1 aliphatic rings. The summed E-state index contributed by atoms with van der Waals surface area (Å²) in [4.78, 5) is 13.0. The van der Waals surface area contributed by atoms with E-state index in [4.69, 9.17) is 24.3 Å². The molecular weight excluding hydrogens is 482 g/mol. The lowest BCUT2D eigenvalue weighted by molar-refractivity contribution is 0.393. The van der Waals surface area contributed by atoms with Gasteiger partial charge in [-0.15, -0.1) is 0 Å². The summed E-state index contributed by atoms with van der Waals surface area (Å²) in [7, 11) is 3.57. The van der Waals surface area contributed by atoms with Gasteiger partial charge in [-0.1, -0.05) is 5.16 Å². The first-order valence-electron chi connectivity index (χ1n) is 12.6. The van der Waals surface area contributed by atoms with Gasteiger partial charge in [0.25, 0.3) is 0 Å². The summed E-state index contributed by atoms with van der Waals surface area (Å²) in [5.41, 5.74) is 6.25. The van der Waals surface area contributed by atoms with Crippen LogP contribution in [0.15, 0.2) is 35.1 Å². The topological polar surface area (TPSA) is 124 Å². The SMILES string of the molecule is COc1cc2c(cc1-c1c(C)noc1C)[nH]c1nc(C)nc(Nc3cc(C4CC4)nn3-c3cnn(C)c3)c12. The van der Waals surface area contributed by atoms with Crippen molar-refractivity contribution in [2.75, 3.05) is 12.4 Å². The lowest BCUT2D eigenvalue weighted by atomic mass is 10.0. The molecule has 2 N–H and O–H groups in total. The largest absolute Gasteiger partial charge is 0.496 e. The Bertz CT molecular complexity index is 1830. The van der Waals surface area contributed by atoms with Crippen molar-refractivity contribution in [3.05, 3.63) is 53.6 Å². The summed E-state index contributed by atoms with van der Waals surface area (Å²) in [5.74, 6) is 4.13. The fraction of sp³-hybridized carbons (Fsp3) is 0.296. The van der Waals surface area contributed by atoms with Crippen molar-refractivity contribution in [1.29, 1.82) is 0 Å². The van der Waals surface area contributed by atoms with Gasteiger partial charge >= 0.3 is 0 Å². The second-order valence-corrected chi connectivity index (χ2v) is 9.90. The number of aromatic nitrogens is 8. The third-order valence-electron chi connectivity index (χ3n) is 7.09. The van der Waals surface area contributed by atoms with Crippen molar-refractivity contribution in [3.63, 3.8) is 0 Å². The predicted octanol–water partition coefficient (Wildman–Crippen LogP) is 5.24. The minimum atomic E-state index is 0.501. The molecule has 0 radical (unpaired) electrons. The third kappa shape index (κ3) is 3.53. The Labute approximate surface area is 217 Å². The maximum Gasteiger partial charge on any atom is 0.145 e. The molecule has 0 aliphatic heterocycles. The number of anilines is 2. The number of hydrogen-bond acceptors (Lipinski definition) is 8. The zero-order valence-corrected chi connectivity index (χ0v) is 21.8. The van der Waals surface area contributed by atoms with Crippen LogP contribution in [-0.2, 0) is 7.05 Å². The van der Waals surface area contributed by atoms with E-state index in [1.54, 1.807) is 11.8 Å². The van der Waals surface area contributed by atoms with Crippen LogP contribution in [0, 0.1) is 20.8 Å². The van der Waals surface area contributed by atoms with E-state index in [0.717, 1.165) is 80.3 Å². The molecule has 1 saturated carbocycles. The lowest BCUT2D eigenvalue weighted by Gasteiger charge is -2.11. The Kier molecular flexibility index (Phi) is 4.84. The van der Waals surface area contributed by atoms with Crippen molar-refractivity contribution in [2.45, 2.75) is 39.5 Å². The molecule has 11 heteroatoms. The van der Waals surface area contributed by atoms with Gasteiger partial charge in [0.05, 0.1) is 41.8 Å². The molecule has 0 unspecified atom stereocenters. The van der Waals surface area contributed by atoms with Crippen LogP contribution in [0.25, 0.3) is 38.8 Å². The Hall–Kier alpha value is -4.67. The van der Waals surface area contributed by atoms with E-state index in [2.05, 4.69) is 32.7 Å². The summed E-state index contributed by atoms with van der Waals surface area (Å²) in [6.07, 6.45) is 6.08. The van der Waals surface area contributed by atoms with Crippen molar-refractivity contribution in [2.24, 2.45) is 7.05 Å². The first-order valence-corrected chi connectivity index (χ1v) is 12.6. The van der Waals surface area contributed by atoms with E-state index in [9.17, 15) is 0 Å². The summed E-state index contributed by atoms with van der Waals surface area (Å²) in [6, 6.07) is 6.19. The summed E-state index contributed by atoms with van der Waals surface area (Å²) >= 11 is 0. The number of benzene rings is 1. The number of fused-ring (bicyclic) bond motifs is 3. The molecule has 0 spiro atoms. The van der Waals surface area contributed by atoms with Gasteiger partial charge in [-0.3, -0.25) is 4.68 Å². The predicted molar refractivity (Wildman–Crippen MR) is 143 cm³/mol. The van der Waals surface area contributed by atoms with Gasteiger partial charge in [-0.05, 0) is 45.7 Å². The highest BCUT2D eigenvalue weighted by Crippen LogP contribution is 2.43. The zero-order chi connectivity index (χ0) is 26.1. The fourth-order valence-corrected chi connectivity index (χ4v) is 5.16. The van der Waals surface area contributed by atoms with Crippen LogP contribution in [0.4, 0.5) is 11.6 Å². The van der Waals surface area contributed by atoms with E-state index >= 15 is 0 Å². The van der Waals surface area contributed by atoms with Gasteiger partial charge in [0.1, 0.15) is 40.3 Å². The average Bonchev–Trinajstić information content (AvgIpc) is 3.16. The van der Waals surface area contributed by atoms with E-state index in [1.807, 2.05) is 51.0 Å². The molecule has 38 heavy (non-hydrogen) atoms. The van der Waals surface area contributed by atoms with Crippen LogP contribution >= 0.6 is 0 Å². The molecule has 0 amide bonds. The molecule has 0 atom stereocenters. The monoisotopic (exact) mass is 509 g/mol. The van der Waals surface area contributed by atoms with Crippen LogP contribution in [0.2, 0.25) is 0 Å². The molecule has 1 aliphatic carbocycles. The molecule has 0 bridgehead atoms. The van der Waals surface area contributed by atoms with Gasteiger partial charge in [-0.2, -0.15) is 10.2 Å². The van der Waals surface area contributed by atoms with Crippen molar-refractivity contribution < 1.29 is 9.26 Å². The van der Waals surface area contributed by atoms with Crippen LogP contribution < -0.4 is 10.1 Å². The van der Waals surface area contributed by atoms with Crippen LogP contribution in [0.3, 0.4) is 0 Å². The zero-order valence-electron chi connectivity index (χ0n) is 21.8. The van der Waals surface area contributed by atoms with Crippen LogP contribution in [-0.4, -0.2) is 46.8 Å². The van der Waals surface area contributed by atoms with E-state index < -0.39 is 0 Å². The number of ether oxygens (including phenoxy) is 1. The summed E-state index contributed by atoms with van der Waals surface area (Å²) < 4.78 is 14.9. The number of nitrogens with one attached hydrogen (secondary N) is 2. The maximum atomic E-state index is 5.84. The van der Waals surface area contributed by atoms with E-state index in [-0.39, 0.29) is 0 Å². The summed E-state index contributed by atoms with van der Waals surface area (Å²) in [6.45, 7) is 5.72. The lowest BCUT2D eigenvalue weighted by Crippen LogP contribution is -2.04. The third-order valence-corrected chi connectivity index (χ3v) is 7.09. The number of aryl methyl sites for hydroxylation is 4. The molecule has 11 nitrogen and oxygen atoms in total. The number of hydrogen-bond donors (Lipinski definition) is 2. The number of nitrogens with zero attached hydrogens (tertiary/aromatic N) is 7. The minimum absolute atomic E-state index is 0.501. The number of methoxy groups -OCH3 is 1. The molecular formula is C27H27N9O2.